The van der Waals surface area contributed by atoms with Gasteiger partial charge in [-0.3, -0.25) is 14.4 Å². The highest BCUT2D eigenvalue weighted by molar-refractivity contribution is 5.71. The average Bonchev–Trinajstić information content (AvgIpc) is 3.47. The Morgan fingerprint density at radius 1 is 0.244 bits per heavy atom. The van der Waals surface area contributed by atoms with Crippen LogP contribution in [0.4, 0.5) is 0 Å². The predicted octanol–water partition coefficient (Wildman–Crippen LogP) is 25.5. The molecule has 0 amide bonds. The number of carbonyl (C=O) groups excluding carboxylic acids is 3. The molecular formula is C76H142O6. The summed E-state index contributed by atoms with van der Waals surface area (Å²) in [6.45, 7) is 6.69. The first kappa shape index (κ1) is 79.6. The van der Waals surface area contributed by atoms with Crippen LogP contribution in [0, 0.1) is 0 Å². The summed E-state index contributed by atoms with van der Waals surface area (Å²) in [6.07, 6.45) is 89.1. The molecule has 6 heteroatoms. The lowest BCUT2D eigenvalue weighted by molar-refractivity contribution is -0.167. The number of esters is 3. The fraction of sp³-hybridized carbons (Fsp3) is 0.882. The normalized spacial score (nSPS) is 12.2. The molecule has 0 heterocycles. The molecule has 1 atom stereocenters. The fourth-order valence-electron chi connectivity index (χ4n) is 11.3. The Morgan fingerprint density at radius 3 is 0.683 bits per heavy atom. The standard InChI is InChI=1S/C76H142O6/c1-4-7-10-13-16-19-22-25-28-30-31-32-33-34-35-36-37-38-39-40-41-42-43-44-45-47-48-51-54-57-60-63-66-69-75(78)81-72-73(71-80-74(77)68-65-62-59-56-53-50-27-24-21-18-15-12-9-6-3)82-76(79)70-67-64-61-58-55-52-49-46-29-26-23-20-17-14-11-8-5-2/h22,24-25,27,30-31,73H,4-21,23,26,28-29,32-72H2,1-3H3/b25-22-,27-24-,31-30-. The Morgan fingerprint density at radius 2 is 0.439 bits per heavy atom. The van der Waals surface area contributed by atoms with Crippen LogP contribution in [0.1, 0.15) is 412 Å². The van der Waals surface area contributed by atoms with Gasteiger partial charge in [-0.1, -0.05) is 353 Å². The molecule has 0 aliphatic heterocycles. The molecule has 1 unspecified atom stereocenters. The number of hydrogen-bond acceptors (Lipinski definition) is 6. The van der Waals surface area contributed by atoms with E-state index in [9.17, 15) is 14.4 Å². The Labute approximate surface area is 512 Å². The van der Waals surface area contributed by atoms with E-state index in [-0.39, 0.29) is 31.1 Å². The monoisotopic (exact) mass is 1150 g/mol. The van der Waals surface area contributed by atoms with Gasteiger partial charge in [0.2, 0.25) is 0 Å². The van der Waals surface area contributed by atoms with Crippen LogP contribution in [-0.4, -0.2) is 37.2 Å². The molecule has 82 heavy (non-hydrogen) atoms. The maximum atomic E-state index is 12.9. The van der Waals surface area contributed by atoms with Gasteiger partial charge in [0, 0.05) is 19.3 Å². The summed E-state index contributed by atoms with van der Waals surface area (Å²) in [5, 5.41) is 0. The molecule has 6 nitrogen and oxygen atoms in total. The van der Waals surface area contributed by atoms with Gasteiger partial charge in [0.15, 0.2) is 6.10 Å². The molecule has 0 rings (SSSR count). The number of allylic oxidation sites excluding steroid dienone is 6. The van der Waals surface area contributed by atoms with E-state index in [2.05, 4.69) is 57.2 Å². The molecule has 0 bridgehead atoms. The first-order chi connectivity index (χ1) is 40.5. The third kappa shape index (κ3) is 68.4. The first-order valence-corrected chi connectivity index (χ1v) is 37.0. The molecule has 0 aromatic carbocycles. The third-order valence-corrected chi connectivity index (χ3v) is 16.9. The molecule has 0 aliphatic rings. The zero-order valence-electron chi connectivity index (χ0n) is 55.5. The van der Waals surface area contributed by atoms with Crippen LogP contribution >= 0.6 is 0 Å². The van der Waals surface area contributed by atoms with Crippen LogP contribution in [0.3, 0.4) is 0 Å². The van der Waals surface area contributed by atoms with Crippen molar-refractivity contribution in [2.24, 2.45) is 0 Å². The van der Waals surface area contributed by atoms with Gasteiger partial charge < -0.3 is 14.2 Å². The summed E-state index contributed by atoms with van der Waals surface area (Å²) in [6, 6.07) is 0. The minimum Gasteiger partial charge on any atom is -0.462 e. The maximum Gasteiger partial charge on any atom is 0.306 e. The van der Waals surface area contributed by atoms with Gasteiger partial charge in [0.1, 0.15) is 13.2 Å². The Bertz CT molecular complexity index is 1370. The van der Waals surface area contributed by atoms with E-state index in [1.165, 1.54) is 302 Å². The summed E-state index contributed by atoms with van der Waals surface area (Å²) in [4.78, 5) is 38.4. The summed E-state index contributed by atoms with van der Waals surface area (Å²) in [5.41, 5.74) is 0. The minimum absolute atomic E-state index is 0.0680. The maximum absolute atomic E-state index is 12.9. The highest BCUT2D eigenvalue weighted by atomic mass is 16.6. The summed E-state index contributed by atoms with van der Waals surface area (Å²) in [7, 11) is 0. The highest BCUT2D eigenvalue weighted by Crippen LogP contribution is 2.19. The van der Waals surface area contributed by atoms with Crippen molar-refractivity contribution in [3.05, 3.63) is 36.5 Å². The molecule has 0 spiro atoms. The lowest BCUT2D eigenvalue weighted by Gasteiger charge is -2.18. The van der Waals surface area contributed by atoms with Crippen molar-refractivity contribution in [1.29, 1.82) is 0 Å². The summed E-state index contributed by atoms with van der Waals surface area (Å²) in [5.74, 6) is -0.845. The second-order valence-electron chi connectivity index (χ2n) is 25.2. The quantitative estimate of drug-likeness (QED) is 0.0261. The molecule has 0 aromatic heterocycles. The van der Waals surface area contributed by atoms with Crippen molar-refractivity contribution in [2.45, 2.75) is 419 Å². The molecule has 0 fully saturated rings. The van der Waals surface area contributed by atoms with Crippen molar-refractivity contribution in [3.63, 3.8) is 0 Å². The number of hydrogen-bond donors (Lipinski definition) is 0. The fourth-order valence-corrected chi connectivity index (χ4v) is 11.3. The Kier molecular flexibility index (Phi) is 69.1. The zero-order chi connectivity index (χ0) is 59.2. The van der Waals surface area contributed by atoms with Crippen LogP contribution in [0.5, 0.6) is 0 Å². The van der Waals surface area contributed by atoms with E-state index >= 15 is 0 Å². The SMILES string of the molecule is CCCCCCC/C=C\C/C=C\CCCCCCCCCCCCCCCCCCCCCCCC(=O)OCC(COC(=O)CCCCCCC/C=C\CCCCCCC)OC(=O)CCCCCCCCCCCCCCCCCCC. The number of carbonyl (C=O) groups is 3. The molecular weight excluding hydrogens is 1010 g/mol. The molecule has 0 aromatic rings. The first-order valence-electron chi connectivity index (χ1n) is 37.0. The van der Waals surface area contributed by atoms with Gasteiger partial charge in [0.25, 0.3) is 0 Å². The van der Waals surface area contributed by atoms with E-state index in [1.807, 2.05) is 0 Å². The Balaban J connectivity index is 4.12. The van der Waals surface area contributed by atoms with E-state index in [4.69, 9.17) is 14.2 Å². The molecule has 0 radical (unpaired) electrons. The Hall–Kier alpha value is -2.37. The van der Waals surface area contributed by atoms with E-state index in [0.717, 1.165) is 70.6 Å². The van der Waals surface area contributed by atoms with Crippen molar-refractivity contribution >= 4 is 17.9 Å². The van der Waals surface area contributed by atoms with Gasteiger partial charge in [-0.05, 0) is 77.0 Å². The number of ether oxygens (including phenoxy) is 3. The van der Waals surface area contributed by atoms with Crippen LogP contribution in [0.25, 0.3) is 0 Å². The topological polar surface area (TPSA) is 78.9 Å². The van der Waals surface area contributed by atoms with Crippen LogP contribution in [0.15, 0.2) is 36.5 Å². The smallest absolute Gasteiger partial charge is 0.306 e. The van der Waals surface area contributed by atoms with Crippen molar-refractivity contribution in [1.82, 2.24) is 0 Å². The van der Waals surface area contributed by atoms with Crippen LogP contribution < -0.4 is 0 Å². The van der Waals surface area contributed by atoms with Crippen LogP contribution in [0.2, 0.25) is 0 Å². The zero-order valence-corrected chi connectivity index (χ0v) is 55.5. The summed E-state index contributed by atoms with van der Waals surface area (Å²) < 4.78 is 17.0. The van der Waals surface area contributed by atoms with Gasteiger partial charge >= 0.3 is 17.9 Å². The highest BCUT2D eigenvalue weighted by Gasteiger charge is 2.19. The van der Waals surface area contributed by atoms with E-state index in [0.29, 0.717) is 19.3 Å². The lowest BCUT2D eigenvalue weighted by atomic mass is 10.0. The third-order valence-electron chi connectivity index (χ3n) is 16.9. The van der Waals surface area contributed by atoms with Gasteiger partial charge in [0.05, 0.1) is 0 Å². The molecule has 0 saturated heterocycles. The van der Waals surface area contributed by atoms with Crippen molar-refractivity contribution in [3.8, 4) is 0 Å². The molecule has 0 saturated carbocycles. The second-order valence-corrected chi connectivity index (χ2v) is 25.2. The van der Waals surface area contributed by atoms with E-state index in [1.54, 1.807) is 0 Å². The summed E-state index contributed by atoms with van der Waals surface area (Å²) >= 11 is 0. The molecule has 482 valence electrons. The molecule has 0 aliphatic carbocycles. The predicted molar refractivity (Wildman–Crippen MR) is 358 cm³/mol. The van der Waals surface area contributed by atoms with Gasteiger partial charge in [-0.25, -0.2) is 0 Å². The van der Waals surface area contributed by atoms with Gasteiger partial charge in [-0.15, -0.1) is 0 Å². The average molecular weight is 1150 g/mol. The lowest BCUT2D eigenvalue weighted by Crippen LogP contribution is -2.30. The minimum atomic E-state index is -0.772. The number of unbranched alkanes of at least 4 members (excludes halogenated alkanes) is 52. The van der Waals surface area contributed by atoms with Crippen molar-refractivity contribution < 1.29 is 28.6 Å². The molecule has 0 N–H and O–H groups in total. The van der Waals surface area contributed by atoms with E-state index < -0.39 is 6.10 Å². The second kappa shape index (κ2) is 71.1. The largest absolute Gasteiger partial charge is 0.462 e. The van der Waals surface area contributed by atoms with Crippen LogP contribution in [-0.2, 0) is 28.6 Å². The number of rotatable bonds is 69. The van der Waals surface area contributed by atoms with Gasteiger partial charge in [-0.2, -0.15) is 0 Å². The van der Waals surface area contributed by atoms with Crippen molar-refractivity contribution in [2.75, 3.05) is 13.2 Å².